The van der Waals surface area contributed by atoms with Gasteiger partial charge >= 0.3 is 6.18 Å². The number of carbonyl (C=O) groups excluding carboxylic acids is 1. The molecule has 1 aromatic heterocycles. The standard InChI is InChI=1S/C29H28F3N5O/c1-36-13-10-20(11-14-36)19-4-7-22(8-5-19)35-26(38)27-16-28(27,29(30,31)32)18-37(17-27)24-9-6-21(15-33)25-23(24)3-2-12-34-25/h2-9,12,20H,10-11,13-14,16-18H2,1H3,(H,35,38)/t27-,28-/m0/s1. The average molecular weight is 520 g/mol. The van der Waals surface area contributed by atoms with Crippen LogP contribution in [0, 0.1) is 22.2 Å². The first-order valence-electron chi connectivity index (χ1n) is 12.9. The van der Waals surface area contributed by atoms with Crippen LogP contribution in [0.15, 0.2) is 54.7 Å². The smallest absolute Gasteiger partial charge is 0.369 e. The summed E-state index contributed by atoms with van der Waals surface area (Å²) < 4.78 is 43.4. The van der Waals surface area contributed by atoms with Crippen molar-refractivity contribution < 1.29 is 18.0 Å². The fourth-order valence-electron chi connectivity index (χ4n) is 6.55. The molecule has 0 spiro atoms. The SMILES string of the molecule is CN1CCC(c2ccc(NC(=O)[C@]34CN(c5ccc(C#N)c6ncccc56)C[C@@]3(C(F)(F)F)C4)cc2)CC1. The Hall–Kier alpha value is -3.64. The summed E-state index contributed by atoms with van der Waals surface area (Å²) in [6, 6.07) is 16.3. The van der Waals surface area contributed by atoms with Gasteiger partial charge in [-0.15, -0.1) is 0 Å². The third-order valence-electron chi connectivity index (χ3n) is 8.86. The number of nitrogens with zero attached hydrogens (tertiary/aromatic N) is 4. The minimum atomic E-state index is -4.53. The molecule has 2 saturated heterocycles. The number of rotatable bonds is 4. The monoisotopic (exact) mass is 519 g/mol. The van der Waals surface area contributed by atoms with Gasteiger partial charge in [0.25, 0.3) is 0 Å². The normalized spacial score (nSPS) is 25.7. The maximum Gasteiger partial charge on any atom is 0.397 e. The van der Waals surface area contributed by atoms with Gasteiger partial charge in [0, 0.05) is 36.0 Å². The zero-order chi connectivity index (χ0) is 26.7. The molecule has 3 aromatic rings. The molecular formula is C29H28F3N5O. The summed E-state index contributed by atoms with van der Waals surface area (Å²) in [4.78, 5) is 21.7. The molecule has 1 amide bonds. The van der Waals surface area contributed by atoms with Gasteiger partial charge in [-0.05, 0) is 87.3 Å². The van der Waals surface area contributed by atoms with Crippen molar-refractivity contribution in [2.45, 2.75) is 31.4 Å². The number of anilines is 2. The van der Waals surface area contributed by atoms with Gasteiger partial charge in [-0.25, -0.2) is 0 Å². The molecule has 2 aromatic carbocycles. The van der Waals surface area contributed by atoms with Gasteiger partial charge in [0.15, 0.2) is 0 Å². The number of nitrogens with one attached hydrogen (secondary N) is 1. The van der Waals surface area contributed by atoms with Gasteiger partial charge in [-0.3, -0.25) is 9.78 Å². The second-order valence-corrected chi connectivity index (χ2v) is 11.0. The van der Waals surface area contributed by atoms with E-state index >= 15 is 0 Å². The van der Waals surface area contributed by atoms with Crippen LogP contribution < -0.4 is 10.2 Å². The number of likely N-dealkylation sites (tertiary alicyclic amines) is 1. The number of fused-ring (bicyclic) bond motifs is 2. The van der Waals surface area contributed by atoms with Gasteiger partial charge in [0.05, 0.1) is 16.5 Å². The number of alkyl halides is 3. The molecule has 1 saturated carbocycles. The Labute approximate surface area is 219 Å². The highest BCUT2D eigenvalue weighted by atomic mass is 19.4. The number of pyridine rings is 1. The quantitative estimate of drug-likeness (QED) is 0.506. The van der Waals surface area contributed by atoms with E-state index in [4.69, 9.17) is 0 Å². The van der Waals surface area contributed by atoms with Crippen LogP contribution in [-0.4, -0.2) is 55.2 Å². The van der Waals surface area contributed by atoms with Gasteiger partial charge in [-0.1, -0.05) is 12.1 Å². The molecule has 1 aliphatic carbocycles. The van der Waals surface area contributed by atoms with Crippen molar-refractivity contribution in [2.24, 2.45) is 10.8 Å². The number of halogens is 3. The van der Waals surface area contributed by atoms with Gasteiger partial charge in [0.2, 0.25) is 5.91 Å². The number of nitriles is 1. The Kier molecular flexibility index (Phi) is 5.65. The van der Waals surface area contributed by atoms with Crippen LogP contribution in [0.3, 0.4) is 0 Å². The molecule has 38 heavy (non-hydrogen) atoms. The lowest BCUT2D eigenvalue weighted by Gasteiger charge is -2.29. The Morgan fingerprint density at radius 2 is 1.84 bits per heavy atom. The maximum atomic E-state index is 14.5. The fraction of sp³-hybridized carbons (Fsp3) is 0.414. The molecule has 0 unspecified atom stereocenters. The van der Waals surface area contributed by atoms with E-state index in [0.717, 1.165) is 25.9 Å². The molecule has 2 aliphatic heterocycles. The number of carbonyl (C=O) groups is 1. The van der Waals surface area contributed by atoms with Crippen molar-refractivity contribution in [1.82, 2.24) is 9.88 Å². The average Bonchev–Trinajstić information content (AvgIpc) is 3.46. The summed E-state index contributed by atoms with van der Waals surface area (Å²) in [7, 11) is 2.11. The molecule has 6 nitrogen and oxygen atoms in total. The lowest BCUT2D eigenvalue weighted by Crippen LogP contribution is -2.36. The molecule has 2 atom stereocenters. The maximum absolute atomic E-state index is 14.5. The van der Waals surface area contributed by atoms with Gasteiger partial charge < -0.3 is 15.1 Å². The van der Waals surface area contributed by atoms with E-state index in [1.54, 1.807) is 47.5 Å². The molecule has 3 aliphatic rings. The van der Waals surface area contributed by atoms with E-state index in [1.165, 1.54) is 5.56 Å². The first-order valence-corrected chi connectivity index (χ1v) is 12.9. The summed E-state index contributed by atoms with van der Waals surface area (Å²) in [5.74, 6) is -0.142. The van der Waals surface area contributed by atoms with Crippen molar-refractivity contribution in [3.05, 3.63) is 65.9 Å². The first-order chi connectivity index (χ1) is 18.2. The highest BCUT2D eigenvalue weighted by molar-refractivity contribution is 6.01. The molecular weight excluding hydrogens is 491 g/mol. The van der Waals surface area contributed by atoms with Crippen LogP contribution in [0.2, 0.25) is 0 Å². The van der Waals surface area contributed by atoms with Crippen LogP contribution >= 0.6 is 0 Å². The number of amides is 1. The second-order valence-electron chi connectivity index (χ2n) is 11.0. The zero-order valence-electron chi connectivity index (χ0n) is 21.1. The Balaban J connectivity index is 1.26. The number of benzene rings is 2. The minimum Gasteiger partial charge on any atom is -0.369 e. The van der Waals surface area contributed by atoms with Crippen LogP contribution in [0.25, 0.3) is 10.9 Å². The Morgan fingerprint density at radius 1 is 1.11 bits per heavy atom. The lowest BCUT2D eigenvalue weighted by molar-refractivity contribution is -0.191. The van der Waals surface area contributed by atoms with E-state index in [2.05, 4.69) is 28.3 Å². The first kappa shape index (κ1) is 24.7. The highest BCUT2D eigenvalue weighted by Crippen LogP contribution is 2.75. The van der Waals surface area contributed by atoms with Crippen LogP contribution in [0.4, 0.5) is 24.5 Å². The predicted octanol–water partition coefficient (Wildman–Crippen LogP) is 5.31. The second kappa shape index (κ2) is 8.70. The van der Waals surface area contributed by atoms with E-state index < -0.39 is 22.9 Å². The third kappa shape index (κ3) is 3.73. The number of hydrogen-bond donors (Lipinski definition) is 1. The third-order valence-corrected chi connectivity index (χ3v) is 8.86. The largest absolute Gasteiger partial charge is 0.397 e. The van der Waals surface area contributed by atoms with E-state index in [9.17, 15) is 23.2 Å². The number of piperidine rings is 2. The van der Waals surface area contributed by atoms with Crippen molar-refractivity contribution in [3.8, 4) is 6.07 Å². The molecule has 9 heteroatoms. The molecule has 196 valence electrons. The molecule has 1 N–H and O–H groups in total. The van der Waals surface area contributed by atoms with Crippen molar-refractivity contribution in [2.75, 3.05) is 43.4 Å². The Bertz CT molecular complexity index is 1440. The Morgan fingerprint density at radius 3 is 2.53 bits per heavy atom. The molecule has 3 heterocycles. The summed E-state index contributed by atoms with van der Waals surface area (Å²) in [6.07, 6.45) is -1.08. The van der Waals surface area contributed by atoms with Gasteiger partial charge in [-0.2, -0.15) is 18.4 Å². The van der Waals surface area contributed by atoms with Crippen molar-refractivity contribution in [1.29, 1.82) is 5.26 Å². The minimum absolute atomic E-state index is 0.0537. The fourth-order valence-corrected chi connectivity index (χ4v) is 6.55. The summed E-state index contributed by atoms with van der Waals surface area (Å²) >= 11 is 0. The molecule has 6 rings (SSSR count). The topological polar surface area (TPSA) is 72.3 Å². The van der Waals surface area contributed by atoms with E-state index in [0.29, 0.717) is 33.8 Å². The lowest BCUT2D eigenvalue weighted by atomic mass is 9.89. The number of hydrogen-bond acceptors (Lipinski definition) is 5. The predicted molar refractivity (Wildman–Crippen MR) is 139 cm³/mol. The van der Waals surface area contributed by atoms with E-state index in [-0.39, 0.29) is 19.5 Å². The molecule has 3 fully saturated rings. The molecule has 0 radical (unpaired) electrons. The summed E-state index contributed by atoms with van der Waals surface area (Å²) in [6.45, 7) is 1.70. The summed E-state index contributed by atoms with van der Waals surface area (Å²) in [5, 5.41) is 12.8. The van der Waals surface area contributed by atoms with Crippen LogP contribution in [0.5, 0.6) is 0 Å². The van der Waals surface area contributed by atoms with Crippen molar-refractivity contribution in [3.63, 3.8) is 0 Å². The van der Waals surface area contributed by atoms with Crippen LogP contribution in [-0.2, 0) is 4.79 Å². The molecule has 0 bridgehead atoms. The number of aromatic nitrogens is 1. The van der Waals surface area contributed by atoms with Crippen molar-refractivity contribution >= 4 is 28.2 Å². The van der Waals surface area contributed by atoms with Gasteiger partial charge in [0.1, 0.15) is 11.5 Å². The van der Waals surface area contributed by atoms with Crippen LogP contribution in [0.1, 0.15) is 36.3 Å². The highest BCUT2D eigenvalue weighted by Gasteiger charge is 2.86. The zero-order valence-corrected chi connectivity index (χ0v) is 21.1. The van der Waals surface area contributed by atoms with E-state index in [1.807, 2.05) is 12.1 Å². The summed E-state index contributed by atoms with van der Waals surface area (Å²) in [5.41, 5.74) is -0.625.